The predicted octanol–water partition coefficient (Wildman–Crippen LogP) is 0.808. The molecule has 1 atom stereocenters. The largest absolute Gasteiger partial charge is 0.368 e. The Morgan fingerprint density at radius 3 is 2.36 bits per heavy atom. The molecular weight excluding hydrogens is 320 g/mol. The van der Waals surface area contributed by atoms with E-state index in [2.05, 4.69) is 15.5 Å². The molecule has 1 aromatic heterocycles. The second-order valence-electron chi connectivity index (χ2n) is 5.54. The fourth-order valence-electron chi connectivity index (χ4n) is 2.63. The summed E-state index contributed by atoms with van der Waals surface area (Å²) in [5.41, 5.74) is 6.10. The number of nitrogens with one attached hydrogen (secondary N) is 2. The van der Waals surface area contributed by atoms with Gasteiger partial charge in [-0.25, -0.2) is 5.10 Å². The first-order chi connectivity index (χ1) is 12.1. The molecule has 0 aliphatic rings. The minimum Gasteiger partial charge on any atom is -0.368 e. The molecule has 0 fully saturated rings. The molecular formula is C18H16N4O3. The summed E-state index contributed by atoms with van der Waals surface area (Å²) in [6, 6.07) is 14.7. The lowest BCUT2D eigenvalue weighted by Crippen LogP contribution is -2.38. The third kappa shape index (κ3) is 3.55. The van der Waals surface area contributed by atoms with Gasteiger partial charge in [-0.05, 0) is 11.6 Å². The third-order valence-corrected chi connectivity index (χ3v) is 3.83. The zero-order chi connectivity index (χ0) is 17.8. The van der Waals surface area contributed by atoms with Crippen LogP contribution in [-0.2, 0) is 16.0 Å². The van der Waals surface area contributed by atoms with Crippen LogP contribution in [-0.4, -0.2) is 22.0 Å². The second-order valence-corrected chi connectivity index (χ2v) is 5.54. The summed E-state index contributed by atoms with van der Waals surface area (Å²) in [6.45, 7) is 0. The summed E-state index contributed by atoms with van der Waals surface area (Å²) < 4.78 is 0. The Morgan fingerprint density at radius 1 is 1.04 bits per heavy atom. The number of hydrogen-bond acceptors (Lipinski definition) is 4. The van der Waals surface area contributed by atoms with Gasteiger partial charge in [0.1, 0.15) is 6.04 Å². The topological polar surface area (TPSA) is 118 Å². The maximum Gasteiger partial charge on any atom is 0.272 e. The smallest absolute Gasteiger partial charge is 0.272 e. The lowest BCUT2D eigenvalue weighted by Gasteiger charge is -2.16. The molecule has 1 heterocycles. The zero-order valence-corrected chi connectivity index (χ0v) is 13.2. The molecule has 2 amide bonds. The molecule has 7 heteroatoms. The molecule has 0 radical (unpaired) electrons. The minimum atomic E-state index is -0.928. The van der Waals surface area contributed by atoms with E-state index in [0.717, 1.165) is 0 Å². The lowest BCUT2D eigenvalue weighted by atomic mass is 10.1. The second kappa shape index (κ2) is 6.96. The summed E-state index contributed by atoms with van der Waals surface area (Å²) in [4.78, 5) is 35.9. The summed E-state index contributed by atoms with van der Waals surface area (Å²) in [5, 5.41) is 10.00. The Bertz CT molecular complexity index is 982. The van der Waals surface area contributed by atoms with Crippen molar-refractivity contribution in [2.45, 2.75) is 12.5 Å². The van der Waals surface area contributed by atoms with Crippen LogP contribution in [0.4, 0.5) is 0 Å². The van der Waals surface area contributed by atoms with Gasteiger partial charge in [-0.3, -0.25) is 14.4 Å². The van der Waals surface area contributed by atoms with Gasteiger partial charge < -0.3 is 11.1 Å². The average Bonchev–Trinajstić information content (AvgIpc) is 2.63. The van der Waals surface area contributed by atoms with Gasteiger partial charge in [0, 0.05) is 5.39 Å². The Hall–Kier alpha value is -3.48. The van der Waals surface area contributed by atoms with E-state index < -0.39 is 17.9 Å². The number of aromatic amines is 1. The quantitative estimate of drug-likeness (QED) is 0.639. The van der Waals surface area contributed by atoms with Crippen molar-refractivity contribution in [2.24, 2.45) is 5.73 Å². The molecule has 0 saturated heterocycles. The number of fused-ring (bicyclic) bond motifs is 1. The van der Waals surface area contributed by atoms with Crippen LogP contribution in [0.5, 0.6) is 0 Å². The Balaban J connectivity index is 1.84. The molecule has 0 spiro atoms. The van der Waals surface area contributed by atoms with Crippen LogP contribution in [0.1, 0.15) is 17.3 Å². The molecule has 3 rings (SSSR count). The molecule has 0 unspecified atom stereocenters. The number of hydrogen-bond donors (Lipinski definition) is 3. The fourth-order valence-corrected chi connectivity index (χ4v) is 2.63. The van der Waals surface area contributed by atoms with Gasteiger partial charge in [-0.2, -0.15) is 5.10 Å². The number of nitrogens with two attached hydrogens (primary N) is 1. The number of H-pyrrole nitrogens is 1. The van der Waals surface area contributed by atoms with E-state index in [9.17, 15) is 14.4 Å². The number of carbonyl (C=O) groups is 2. The molecule has 3 aromatic rings. The van der Waals surface area contributed by atoms with Crippen LogP contribution in [0.3, 0.4) is 0 Å². The van der Waals surface area contributed by atoms with Crippen molar-refractivity contribution in [2.75, 3.05) is 0 Å². The van der Waals surface area contributed by atoms with Crippen molar-refractivity contribution in [3.63, 3.8) is 0 Å². The highest BCUT2D eigenvalue weighted by molar-refractivity contribution is 5.91. The summed E-state index contributed by atoms with van der Waals surface area (Å²) in [5.74, 6) is -1.07. The minimum absolute atomic E-state index is 0.0894. The molecule has 2 aromatic carbocycles. The number of carbonyl (C=O) groups excluding carboxylic acids is 2. The number of rotatable bonds is 5. The van der Waals surface area contributed by atoms with Crippen molar-refractivity contribution >= 4 is 22.6 Å². The summed E-state index contributed by atoms with van der Waals surface area (Å²) in [6.07, 6.45) is -0.0894. The van der Waals surface area contributed by atoms with E-state index in [1.165, 1.54) is 0 Å². The zero-order valence-electron chi connectivity index (χ0n) is 13.2. The summed E-state index contributed by atoms with van der Waals surface area (Å²) in [7, 11) is 0. The molecule has 126 valence electrons. The Morgan fingerprint density at radius 2 is 1.68 bits per heavy atom. The van der Waals surface area contributed by atoms with Crippen molar-refractivity contribution in [1.82, 2.24) is 15.5 Å². The third-order valence-electron chi connectivity index (χ3n) is 3.83. The van der Waals surface area contributed by atoms with E-state index in [0.29, 0.717) is 22.0 Å². The van der Waals surface area contributed by atoms with E-state index in [1.54, 1.807) is 54.6 Å². The summed E-state index contributed by atoms with van der Waals surface area (Å²) >= 11 is 0. The standard InChI is InChI=1S/C18H16N4O3/c19-17(24)16(11-6-2-1-3-7-11)20-15(23)10-14-12-8-4-5-9-13(12)18(25)22-21-14/h1-9,16H,10H2,(H2,19,24)(H,20,23)(H,22,25)/t16-/m0/s1. The van der Waals surface area contributed by atoms with E-state index >= 15 is 0 Å². The van der Waals surface area contributed by atoms with Gasteiger partial charge >= 0.3 is 0 Å². The van der Waals surface area contributed by atoms with Crippen LogP contribution >= 0.6 is 0 Å². The normalized spacial score (nSPS) is 11.8. The molecule has 0 saturated carbocycles. The Labute approximate surface area is 142 Å². The highest BCUT2D eigenvalue weighted by Gasteiger charge is 2.21. The predicted molar refractivity (Wildman–Crippen MR) is 92.6 cm³/mol. The average molecular weight is 336 g/mol. The number of primary amides is 1. The first kappa shape index (κ1) is 16.4. The van der Waals surface area contributed by atoms with Gasteiger partial charge in [-0.15, -0.1) is 0 Å². The van der Waals surface area contributed by atoms with E-state index in [1.807, 2.05) is 0 Å². The van der Waals surface area contributed by atoms with Crippen molar-refractivity contribution in [3.8, 4) is 0 Å². The first-order valence-corrected chi connectivity index (χ1v) is 7.66. The number of amides is 2. The van der Waals surface area contributed by atoms with Gasteiger partial charge in [-0.1, -0.05) is 48.5 Å². The number of aromatic nitrogens is 2. The van der Waals surface area contributed by atoms with E-state index in [-0.39, 0.29) is 12.0 Å². The van der Waals surface area contributed by atoms with Crippen molar-refractivity contribution < 1.29 is 9.59 Å². The molecule has 7 nitrogen and oxygen atoms in total. The highest BCUT2D eigenvalue weighted by Crippen LogP contribution is 2.15. The SMILES string of the molecule is NC(=O)[C@@H](NC(=O)Cc1n[nH]c(=O)c2ccccc12)c1ccccc1. The van der Waals surface area contributed by atoms with E-state index in [4.69, 9.17) is 5.73 Å². The van der Waals surface area contributed by atoms with Crippen LogP contribution < -0.4 is 16.6 Å². The number of benzene rings is 2. The molecule has 0 aliphatic carbocycles. The van der Waals surface area contributed by atoms with Crippen LogP contribution in [0.25, 0.3) is 10.8 Å². The maximum absolute atomic E-state index is 12.4. The molecule has 0 aliphatic heterocycles. The van der Waals surface area contributed by atoms with Crippen LogP contribution in [0.15, 0.2) is 59.4 Å². The first-order valence-electron chi connectivity index (χ1n) is 7.66. The van der Waals surface area contributed by atoms with Crippen molar-refractivity contribution in [3.05, 3.63) is 76.2 Å². The fraction of sp³-hybridized carbons (Fsp3) is 0.111. The van der Waals surface area contributed by atoms with Crippen LogP contribution in [0, 0.1) is 0 Å². The monoisotopic (exact) mass is 336 g/mol. The molecule has 4 N–H and O–H groups in total. The van der Waals surface area contributed by atoms with Crippen LogP contribution in [0.2, 0.25) is 0 Å². The van der Waals surface area contributed by atoms with Gasteiger partial charge in [0.15, 0.2) is 0 Å². The van der Waals surface area contributed by atoms with Crippen molar-refractivity contribution in [1.29, 1.82) is 0 Å². The Kier molecular flexibility index (Phi) is 4.56. The molecule has 25 heavy (non-hydrogen) atoms. The van der Waals surface area contributed by atoms with Gasteiger partial charge in [0.25, 0.3) is 5.56 Å². The van der Waals surface area contributed by atoms with Gasteiger partial charge in [0.2, 0.25) is 11.8 Å². The number of nitrogens with zero attached hydrogens (tertiary/aromatic N) is 1. The van der Waals surface area contributed by atoms with Gasteiger partial charge in [0.05, 0.1) is 17.5 Å². The lowest BCUT2D eigenvalue weighted by molar-refractivity contribution is -0.127. The maximum atomic E-state index is 12.4. The highest BCUT2D eigenvalue weighted by atomic mass is 16.2. The molecule has 0 bridgehead atoms.